The van der Waals surface area contributed by atoms with Crippen LogP contribution >= 0.6 is 11.8 Å². The van der Waals surface area contributed by atoms with Gasteiger partial charge in [0.25, 0.3) is 0 Å². The minimum absolute atomic E-state index is 0.840. The number of aromatic nitrogens is 6. The monoisotopic (exact) mass is 356 g/mol. The van der Waals surface area contributed by atoms with Gasteiger partial charge in [0.2, 0.25) is 5.16 Å². The standard InChI is InChI=1S/C18H24N6S/c1-3-4-6-15-8-10-17(11-9-15)24-18(20-21-22-24)25-12-5-7-16-13-19-23(2)14-16/h8-11,13-14H,3-7,12H2,1-2H3. The Morgan fingerprint density at radius 2 is 1.84 bits per heavy atom. The van der Waals surface area contributed by atoms with Gasteiger partial charge in [-0.3, -0.25) is 4.68 Å². The summed E-state index contributed by atoms with van der Waals surface area (Å²) in [6.07, 6.45) is 9.65. The van der Waals surface area contributed by atoms with Crippen molar-refractivity contribution in [3.63, 3.8) is 0 Å². The van der Waals surface area contributed by atoms with Crippen molar-refractivity contribution in [2.75, 3.05) is 5.75 Å². The molecule has 0 radical (unpaired) electrons. The summed E-state index contributed by atoms with van der Waals surface area (Å²) >= 11 is 1.69. The second-order valence-electron chi connectivity index (χ2n) is 6.12. The fraction of sp³-hybridized carbons (Fsp3) is 0.444. The van der Waals surface area contributed by atoms with Gasteiger partial charge < -0.3 is 0 Å². The van der Waals surface area contributed by atoms with Gasteiger partial charge in [0.15, 0.2) is 0 Å². The Hall–Kier alpha value is -2.15. The van der Waals surface area contributed by atoms with Crippen molar-refractivity contribution in [3.05, 3.63) is 47.8 Å². The molecule has 2 heterocycles. The van der Waals surface area contributed by atoms with Crippen molar-refractivity contribution in [2.45, 2.75) is 44.2 Å². The highest BCUT2D eigenvalue weighted by Gasteiger charge is 2.09. The number of hydrogen-bond donors (Lipinski definition) is 0. The van der Waals surface area contributed by atoms with Gasteiger partial charge >= 0.3 is 0 Å². The van der Waals surface area contributed by atoms with E-state index in [2.05, 4.69) is 58.0 Å². The molecule has 0 N–H and O–H groups in total. The summed E-state index contributed by atoms with van der Waals surface area (Å²) in [7, 11) is 1.94. The van der Waals surface area contributed by atoms with Crippen LogP contribution in [0.25, 0.3) is 5.69 Å². The van der Waals surface area contributed by atoms with Crippen LogP contribution < -0.4 is 0 Å². The van der Waals surface area contributed by atoms with E-state index in [1.165, 1.54) is 24.0 Å². The summed E-state index contributed by atoms with van der Waals surface area (Å²) in [6.45, 7) is 2.22. The molecule has 0 saturated heterocycles. The number of unbranched alkanes of at least 4 members (excludes halogenated alkanes) is 1. The molecular weight excluding hydrogens is 332 g/mol. The molecule has 3 aromatic rings. The second kappa shape index (κ2) is 8.80. The summed E-state index contributed by atoms with van der Waals surface area (Å²) in [5, 5.41) is 17.2. The van der Waals surface area contributed by atoms with Gasteiger partial charge in [0, 0.05) is 19.0 Å². The molecule has 0 spiro atoms. The molecule has 7 heteroatoms. The molecule has 2 aromatic heterocycles. The van der Waals surface area contributed by atoms with Crippen LogP contribution in [-0.2, 0) is 19.9 Å². The SMILES string of the molecule is CCCCc1ccc(-n2nnnc2SCCCc2cnn(C)c2)cc1. The summed E-state index contributed by atoms with van der Waals surface area (Å²) < 4.78 is 3.66. The van der Waals surface area contributed by atoms with Crippen molar-refractivity contribution in [1.82, 2.24) is 30.0 Å². The highest BCUT2D eigenvalue weighted by atomic mass is 32.2. The van der Waals surface area contributed by atoms with E-state index in [1.54, 1.807) is 11.8 Å². The number of aryl methyl sites for hydroxylation is 3. The first-order chi connectivity index (χ1) is 12.3. The summed E-state index contributed by atoms with van der Waals surface area (Å²) in [6, 6.07) is 8.54. The van der Waals surface area contributed by atoms with E-state index in [4.69, 9.17) is 0 Å². The van der Waals surface area contributed by atoms with E-state index < -0.39 is 0 Å². The molecule has 0 aliphatic carbocycles. The number of thioether (sulfide) groups is 1. The number of benzene rings is 1. The van der Waals surface area contributed by atoms with Crippen LogP contribution in [-0.4, -0.2) is 35.7 Å². The Labute approximate surface area is 152 Å². The van der Waals surface area contributed by atoms with Crippen LogP contribution in [0.4, 0.5) is 0 Å². The van der Waals surface area contributed by atoms with Gasteiger partial charge in [-0.1, -0.05) is 37.2 Å². The van der Waals surface area contributed by atoms with Gasteiger partial charge in [-0.05, 0) is 59.4 Å². The van der Waals surface area contributed by atoms with Crippen molar-refractivity contribution in [3.8, 4) is 5.69 Å². The number of tetrazole rings is 1. The van der Waals surface area contributed by atoms with Crippen molar-refractivity contribution >= 4 is 11.8 Å². The zero-order chi connectivity index (χ0) is 17.5. The highest BCUT2D eigenvalue weighted by Crippen LogP contribution is 2.20. The Balaban J connectivity index is 1.54. The Morgan fingerprint density at radius 3 is 2.56 bits per heavy atom. The zero-order valence-corrected chi connectivity index (χ0v) is 15.6. The third kappa shape index (κ3) is 4.92. The van der Waals surface area contributed by atoms with Crippen LogP contribution in [0, 0.1) is 0 Å². The molecule has 0 atom stereocenters. The first-order valence-electron chi connectivity index (χ1n) is 8.74. The molecule has 0 aliphatic rings. The lowest BCUT2D eigenvalue weighted by Crippen LogP contribution is -2.00. The molecule has 0 unspecified atom stereocenters. The fourth-order valence-corrected chi connectivity index (χ4v) is 3.49. The fourth-order valence-electron chi connectivity index (χ4n) is 2.66. The third-order valence-electron chi connectivity index (χ3n) is 4.04. The minimum atomic E-state index is 0.840. The molecule has 0 aliphatic heterocycles. The number of hydrogen-bond acceptors (Lipinski definition) is 5. The first-order valence-corrected chi connectivity index (χ1v) is 9.73. The van der Waals surface area contributed by atoms with Crippen molar-refractivity contribution in [1.29, 1.82) is 0 Å². The van der Waals surface area contributed by atoms with Gasteiger partial charge in [-0.25, -0.2) is 0 Å². The number of nitrogens with zero attached hydrogens (tertiary/aromatic N) is 6. The highest BCUT2D eigenvalue weighted by molar-refractivity contribution is 7.99. The third-order valence-corrected chi connectivity index (χ3v) is 5.05. The molecule has 0 bridgehead atoms. The van der Waals surface area contributed by atoms with E-state index in [-0.39, 0.29) is 0 Å². The average molecular weight is 356 g/mol. The Bertz CT molecular complexity index is 777. The molecule has 0 fully saturated rings. The molecule has 0 saturated carbocycles. The molecule has 3 rings (SSSR count). The lowest BCUT2D eigenvalue weighted by atomic mass is 10.1. The summed E-state index contributed by atoms with van der Waals surface area (Å²) in [5.74, 6) is 0.976. The van der Waals surface area contributed by atoms with Crippen LogP contribution in [0.15, 0.2) is 41.8 Å². The van der Waals surface area contributed by atoms with Crippen LogP contribution in [0.2, 0.25) is 0 Å². The minimum Gasteiger partial charge on any atom is -0.276 e. The lowest BCUT2D eigenvalue weighted by molar-refractivity contribution is 0.753. The summed E-state index contributed by atoms with van der Waals surface area (Å²) in [5.41, 5.74) is 3.65. The summed E-state index contributed by atoms with van der Waals surface area (Å²) in [4.78, 5) is 0. The van der Waals surface area contributed by atoms with E-state index in [0.29, 0.717) is 0 Å². The van der Waals surface area contributed by atoms with Crippen molar-refractivity contribution < 1.29 is 0 Å². The van der Waals surface area contributed by atoms with Crippen LogP contribution in [0.3, 0.4) is 0 Å². The predicted molar refractivity (Wildman–Crippen MR) is 100 cm³/mol. The molecule has 25 heavy (non-hydrogen) atoms. The largest absolute Gasteiger partial charge is 0.276 e. The average Bonchev–Trinajstić information content (AvgIpc) is 3.26. The van der Waals surface area contributed by atoms with Crippen LogP contribution in [0.1, 0.15) is 37.3 Å². The smallest absolute Gasteiger partial charge is 0.214 e. The molecule has 0 amide bonds. The molecular formula is C18H24N6S. The number of rotatable bonds is 9. The Morgan fingerprint density at radius 1 is 1.04 bits per heavy atom. The van der Waals surface area contributed by atoms with Gasteiger partial charge in [-0.2, -0.15) is 9.78 Å². The van der Waals surface area contributed by atoms with Crippen LogP contribution in [0.5, 0.6) is 0 Å². The molecule has 132 valence electrons. The molecule has 1 aromatic carbocycles. The second-order valence-corrected chi connectivity index (χ2v) is 7.18. The van der Waals surface area contributed by atoms with Crippen molar-refractivity contribution in [2.24, 2.45) is 7.05 Å². The Kier molecular flexibility index (Phi) is 6.22. The van der Waals surface area contributed by atoms with Gasteiger partial charge in [0.1, 0.15) is 0 Å². The predicted octanol–water partition coefficient (Wildman–Crippen LogP) is 3.46. The van der Waals surface area contributed by atoms with E-state index in [0.717, 1.165) is 35.9 Å². The maximum absolute atomic E-state index is 4.20. The van der Waals surface area contributed by atoms with E-state index in [1.807, 2.05) is 22.6 Å². The lowest BCUT2D eigenvalue weighted by Gasteiger charge is -2.06. The topological polar surface area (TPSA) is 61.4 Å². The first kappa shape index (κ1) is 17.7. The van der Waals surface area contributed by atoms with E-state index in [9.17, 15) is 0 Å². The molecule has 6 nitrogen and oxygen atoms in total. The maximum Gasteiger partial charge on any atom is 0.214 e. The van der Waals surface area contributed by atoms with Gasteiger partial charge in [0.05, 0.1) is 11.9 Å². The van der Waals surface area contributed by atoms with E-state index >= 15 is 0 Å². The van der Waals surface area contributed by atoms with Gasteiger partial charge in [-0.15, -0.1) is 5.10 Å². The quantitative estimate of drug-likeness (QED) is 0.434. The normalized spacial score (nSPS) is 11.1. The maximum atomic E-state index is 4.20. The zero-order valence-electron chi connectivity index (χ0n) is 14.8.